The minimum atomic E-state index is -3.49. The van der Waals surface area contributed by atoms with Crippen molar-refractivity contribution in [3.05, 3.63) is 0 Å². The molecule has 6 N–H and O–H groups in total. The van der Waals surface area contributed by atoms with Gasteiger partial charge in [-0.05, 0) is 0 Å². The maximum atomic E-state index is 10.7. The van der Waals surface area contributed by atoms with Gasteiger partial charge in [-0.3, -0.25) is 19.3 Å². The van der Waals surface area contributed by atoms with E-state index < -0.39 is 62.5 Å². The molecule has 126 valence electrons. The summed E-state index contributed by atoms with van der Waals surface area (Å²) in [6.07, 6.45) is 0. The van der Waals surface area contributed by atoms with Crippen molar-refractivity contribution in [2.75, 3.05) is 32.7 Å². The molecule has 0 aromatic rings. The predicted octanol–water partition coefficient (Wildman–Crippen LogP) is -3.43. The Morgan fingerprint density at radius 1 is 0.727 bits per heavy atom. The van der Waals surface area contributed by atoms with Crippen LogP contribution in [-0.4, -0.2) is 103 Å². The number of hydrogen-bond donors (Lipinski definition) is 6. The minimum Gasteiger partial charge on any atom is -0.480 e. The molecule has 0 fully saturated rings. The van der Waals surface area contributed by atoms with Crippen molar-refractivity contribution in [2.45, 2.75) is 5.91 Å². The van der Waals surface area contributed by atoms with Crippen LogP contribution in [-0.2, 0) is 19.2 Å². The smallest absolute Gasteiger partial charge is 0.381 e. The van der Waals surface area contributed by atoms with Crippen molar-refractivity contribution in [3.8, 4) is 0 Å². The fraction of sp³-hybridized carbons (Fsp3) is 0.600. The van der Waals surface area contributed by atoms with E-state index in [0.29, 0.717) is 0 Å². The van der Waals surface area contributed by atoms with Crippen molar-refractivity contribution in [3.63, 3.8) is 0 Å². The van der Waals surface area contributed by atoms with E-state index in [1.807, 2.05) is 0 Å². The van der Waals surface area contributed by atoms with Gasteiger partial charge in [0.15, 0.2) is 0 Å². The Balaban J connectivity index is 4.96. The molecule has 0 saturated carbocycles. The molecule has 0 bridgehead atoms. The molecule has 0 radical (unpaired) electrons. The molecule has 22 heavy (non-hydrogen) atoms. The molecule has 0 amide bonds. The molecular formula is C10H16N2O10. The Hall–Kier alpha value is -2.28. The Morgan fingerprint density at radius 3 is 1.45 bits per heavy atom. The van der Waals surface area contributed by atoms with Crippen LogP contribution in [0, 0.1) is 0 Å². The van der Waals surface area contributed by atoms with E-state index in [4.69, 9.17) is 20.4 Å². The number of rotatable bonds is 11. The lowest BCUT2D eigenvalue weighted by atomic mass is 10.3. The van der Waals surface area contributed by atoms with Crippen LogP contribution in [0.4, 0.5) is 0 Å². The Morgan fingerprint density at radius 2 is 1.14 bits per heavy atom. The molecule has 0 unspecified atom stereocenters. The molecule has 12 nitrogen and oxygen atoms in total. The molecule has 0 rings (SSSR count). The van der Waals surface area contributed by atoms with E-state index in [1.54, 1.807) is 0 Å². The second kappa shape index (κ2) is 8.23. The van der Waals surface area contributed by atoms with E-state index in [1.165, 1.54) is 0 Å². The third-order valence-electron chi connectivity index (χ3n) is 2.46. The summed E-state index contributed by atoms with van der Waals surface area (Å²) in [7, 11) is 0. The predicted molar refractivity (Wildman–Crippen MR) is 65.7 cm³/mol. The first-order valence-electron chi connectivity index (χ1n) is 5.77. The largest absolute Gasteiger partial charge is 0.480 e. The fourth-order valence-electron chi connectivity index (χ4n) is 1.50. The number of carbonyl (C=O) groups is 4. The third kappa shape index (κ3) is 6.94. The van der Waals surface area contributed by atoms with E-state index in [-0.39, 0.29) is 4.90 Å². The lowest BCUT2D eigenvalue weighted by Gasteiger charge is -2.31. The molecule has 0 aliphatic rings. The summed E-state index contributed by atoms with van der Waals surface area (Å²) in [6.45, 7) is -3.49. The van der Waals surface area contributed by atoms with E-state index in [2.05, 4.69) is 0 Å². The van der Waals surface area contributed by atoms with Crippen LogP contribution in [0.25, 0.3) is 0 Å². The highest BCUT2D eigenvalue weighted by molar-refractivity contribution is 5.76. The number of aliphatic hydroxyl groups is 2. The summed E-state index contributed by atoms with van der Waals surface area (Å²) >= 11 is 0. The maximum absolute atomic E-state index is 10.7. The third-order valence-corrected chi connectivity index (χ3v) is 2.46. The lowest BCUT2D eigenvalue weighted by Crippen LogP contribution is -2.58. The van der Waals surface area contributed by atoms with Gasteiger partial charge >= 0.3 is 29.8 Å². The zero-order valence-corrected chi connectivity index (χ0v) is 11.2. The first-order chi connectivity index (χ1) is 9.96. The summed E-state index contributed by atoms with van der Waals surface area (Å²) in [5, 5.41) is 53.2. The number of hydrogen-bond acceptors (Lipinski definition) is 8. The maximum Gasteiger partial charge on any atom is 0.381 e. The molecule has 0 spiro atoms. The molecule has 0 aliphatic carbocycles. The first kappa shape index (κ1) is 19.7. The van der Waals surface area contributed by atoms with E-state index in [0.717, 1.165) is 4.90 Å². The average Bonchev–Trinajstić information content (AvgIpc) is 2.31. The fourth-order valence-corrected chi connectivity index (χ4v) is 1.50. The number of aliphatic carboxylic acids is 4. The summed E-state index contributed by atoms with van der Waals surface area (Å²) in [5.74, 6) is -9.89. The Bertz CT molecular complexity index is 433. The standard InChI is InChI=1S/C10H16N2O10/c13-6(14)3-11(4-7(15)16)1-2-12(5-8(17)18)10(21,22)9(19)20/h21-22H,1-5H2,(H,13,14)(H,15,16)(H,17,18)(H,19,20). The van der Waals surface area contributed by atoms with Gasteiger partial charge in [-0.1, -0.05) is 0 Å². The molecule has 12 heteroatoms. The minimum absolute atomic E-state index is 0.244. The normalized spacial score (nSPS) is 11.6. The van der Waals surface area contributed by atoms with Gasteiger partial charge in [-0.25, -0.2) is 9.69 Å². The average molecular weight is 324 g/mol. The molecule has 0 atom stereocenters. The summed E-state index contributed by atoms with van der Waals surface area (Å²) < 4.78 is 0. The van der Waals surface area contributed by atoms with Gasteiger partial charge in [0, 0.05) is 13.1 Å². The number of nitrogens with zero attached hydrogens (tertiary/aromatic N) is 2. The Labute approximate surface area is 123 Å². The number of carboxylic acids is 4. The molecule has 0 heterocycles. The summed E-state index contributed by atoms with van der Waals surface area (Å²) in [4.78, 5) is 43.6. The molecule has 0 aromatic carbocycles. The van der Waals surface area contributed by atoms with Gasteiger partial charge in [-0.15, -0.1) is 0 Å². The molecular weight excluding hydrogens is 308 g/mol. The first-order valence-corrected chi connectivity index (χ1v) is 5.77. The van der Waals surface area contributed by atoms with Crippen LogP contribution in [0.1, 0.15) is 0 Å². The van der Waals surface area contributed by atoms with Gasteiger partial charge in [0.1, 0.15) is 6.54 Å². The highest BCUT2D eigenvalue weighted by Gasteiger charge is 2.41. The van der Waals surface area contributed by atoms with Gasteiger partial charge in [0.25, 0.3) is 0 Å². The SMILES string of the molecule is O=C(O)CN(CCN(CC(=O)O)C(O)(O)C(=O)O)CC(=O)O. The van der Waals surface area contributed by atoms with Crippen molar-refractivity contribution in [2.24, 2.45) is 0 Å². The molecule has 0 saturated heterocycles. The zero-order valence-electron chi connectivity index (χ0n) is 11.2. The van der Waals surface area contributed by atoms with Crippen LogP contribution in [0.2, 0.25) is 0 Å². The van der Waals surface area contributed by atoms with Crippen molar-refractivity contribution in [1.82, 2.24) is 9.80 Å². The van der Waals surface area contributed by atoms with Crippen LogP contribution < -0.4 is 0 Å². The highest BCUT2D eigenvalue weighted by Crippen LogP contribution is 2.09. The second-order valence-corrected chi connectivity index (χ2v) is 4.25. The quantitative estimate of drug-likeness (QED) is 0.206. The van der Waals surface area contributed by atoms with E-state index in [9.17, 15) is 29.4 Å². The summed E-state index contributed by atoms with van der Waals surface area (Å²) in [5.41, 5.74) is 0. The molecule has 0 aromatic heterocycles. The van der Waals surface area contributed by atoms with Crippen LogP contribution in [0.3, 0.4) is 0 Å². The van der Waals surface area contributed by atoms with Gasteiger partial charge in [0.05, 0.1) is 13.1 Å². The zero-order chi connectivity index (χ0) is 17.5. The van der Waals surface area contributed by atoms with Gasteiger partial charge in [-0.2, -0.15) is 0 Å². The second-order valence-electron chi connectivity index (χ2n) is 4.25. The monoisotopic (exact) mass is 324 g/mol. The van der Waals surface area contributed by atoms with Crippen LogP contribution in [0.15, 0.2) is 0 Å². The van der Waals surface area contributed by atoms with Crippen LogP contribution >= 0.6 is 0 Å². The topological polar surface area (TPSA) is 196 Å². The van der Waals surface area contributed by atoms with Crippen molar-refractivity contribution < 1.29 is 49.8 Å². The summed E-state index contributed by atoms with van der Waals surface area (Å²) in [6, 6.07) is 0. The Kier molecular flexibility index (Phi) is 7.38. The van der Waals surface area contributed by atoms with E-state index >= 15 is 0 Å². The van der Waals surface area contributed by atoms with Crippen LogP contribution in [0.5, 0.6) is 0 Å². The lowest BCUT2D eigenvalue weighted by molar-refractivity contribution is -0.264. The van der Waals surface area contributed by atoms with Crippen molar-refractivity contribution in [1.29, 1.82) is 0 Å². The highest BCUT2D eigenvalue weighted by atomic mass is 16.6. The van der Waals surface area contributed by atoms with Crippen molar-refractivity contribution >= 4 is 23.9 Å². The van der Waals surface area contributed by atoms with Gasteiger partial charge < -0.3 is 30.6 Å². The van der Waals surface area contributed by atoms with Gasteiger partial charge in [0.2, 0.25) is 0 Å². The molecule has 0 aliphatic heterocycles. The number of carboxylic acid groups (broad SMARTS) is 4.